The second-order valence-electron chi connectivity index (χ2n) is 5.35. The number of halogens is 1. The van der Waals surface area contributed by atoms with Gasteiger partial charge in [-0.1, -0.05) is 0 Å². The number of carboxylic acid groups (broad SMARTS) is 1. The van der Waals surface area contributed by atoms with Gasteiger partial charge in [0.15, 0.2) is 0 Å². The minimum atomic E-state index is -1.01. The lowest BCUT2D eigenvalue weighted by Crippen LogP contribution is -2.40. The third-order valence-corrected chi connectivity index (χ3v) is 3.78. The van der Waals surface area contributed by atoms with Gasteiger partial charge in [0.1, 0.15) is 11.9 Å². The number of likely N-dealkylation sites (tertiary alicyclic amines) is 1. The molecule has 0 bridgehead atoms. The second-order valence-corrected chi connectivity index (χ2v) is 5.35. The van der Waals surface area contributed by atoms with Crippen molar-refractivity contribution in [2.24, 2.45) is 0 Å². The van der Waals surface area contributed by atoms with Gasteiger partial charge in [-0.25, -0.2) is 9.18 Å². The van der Waals surface area contributed by atoms with Crippen LogP contribution in [0.3, 0.4) is 0 Å². The number of methoxy groups -OCH3 is 1. The molecule has 1 aliphatic heterocycles. The summed E-state index contributed by atoms with van der Waals surface area (Å²) >= 11 is 0. The quantitative estimate of drug-likeness (QED) is 0.772. The highest BCUT2D eigenvalue weighted by molar-refractivity contribution is 5.97. The number of hydrogen-bond acceptors (Lipinski definition) is 4. The van der Waals surface area contributed by atoms with Crippen molar-refractivity contribution in [3.05, 3.63) is 35.1 Å². The van der Waals surface area contributed by atoms with E-state index in [9.17, 15) is 14.0 Å². The van der Waals surface area contributed by atoms with Gasteiger partial charge in [0, 0.05) is 24.8 Å². The molecule has 23 heavy (non-hydrogen) atoms. The van der Waals surface area contributed by atoms with E-state index < -0.39 is 23.7 Å². The van der Waals surface area contributed by atoms with Crippen molar-refractivity contribution in [3.8, 4) is 0 Å². The molecule has 0 aliphatic carbocycles. The summed E-state index contributed by atoms with van der Waals surface area (Å²) in [7, 11) is 1.54. The molecular weight excluding hydrogens is 305 g/mol. The maximum Gasteiger partial charge on any atom is 0.326 e. The van der Waals surface area contributed by atoms with Crippen molar-refractivity contribution < 1.29 is 28.6 Å². The lowest BCUT2D eigenvalue weighted by Gasteiger charge is -2.21. The number of nitrogens with zero attached hydrogens (tertiary/aromatic N) is 1. The van der Waals surface area contributed by atoms with E-state index in [1.807, 2.05) is 0 Å². The Morgan fingerprint density at radius 1 is 1.39 bits per heavy atom. The van der Waals surface area contributed by atoms with Crippen LogP contribution in [0.5, 0.6) is 0 Å². The van der Waals surface area contributed by atoms with E-state index in [4.69, 9.17) is 14.6 Å². The zero-order valence-corrected chi connectivity index (χ0v) is 13.0. The minimum absolute atomic E-state index is 0.0265. The van der Waals surface area contributed by atoms with Gasteiger partial charge in [-0.05, 0) is 31.0 Å². The second kappa shape index (κ2) is 8.03. The molecule has 1 amide bonds. The number of amides is 1. The Labute approximate surface area is 133 Å². The zero-order valence-electron chi connectivity index (χ0n) is 13.0. The number of carbonyl (C=O) groups is 2. The first kappa shape index (κ1) is 17.4. The monoisotopic (exact) mass is 325 g/mol. The Hall–Kier alpha value is -1.99. The Morgan fingerprint density at radius 3 is 2.87 bits per heavy atom. The molecule has 0 aromatic heterocycles. The number of ether oxygens (including phenoxy) is 2. The summed E-state index contributed by atoms with van der Waals surface area (Å²) in [6, 6.07) is 3.18. The first-order valence-corrected chi connectivity index (χ1v) is 7.43. The van der Waals surface area contributed by atoms with E-state index in [0.29, 0.717) is 32.6 Å². The minimum Gasteiger partial charge on any atom is -0.480 e. The summed E-state index contributed by atoms with van der Waals surface area (Å²) in [4.78, 5) is 25.0. The van der Waals surface area contributed by atoms with Crippen molar-refractivity contribution >= 4 is 11.9 Å². The normalized spacial score (nSPS) is 17.5. The molecule has 1 aromatic rings. The standard InChI is InChI=1S/C16H20FNO5/c1-22-7-8-23-10-12-9-11(4-5-13(12)17)15(19)18-6-2-3-14(18)16(20)21/h4-5,9,14H,2-3,6-8,10H2,1H3,(H,20,21). The lowest BCUT2D eigenvalue weighted by molar-refractivity contribution is -0.141. The van der Waals surface area contributed by atoms with Gasteiger partial charge in [0.25, 0.3) is 5.91 Å². The maximum absolute atomic E-state index is 13.8. The van der Waals surface area contributed by atoms with E-state index in [1.54, 1.807) is 0 Å². The molecule has 126 valence electrons. The summed E-state index contributed by atoms with van der Waals surface area (Å²) in [5.74, 6) is -1.87. The molecular formula is C16H20FNO5. The first-order valence-electron chi connectivity index (χ1n) is 7.43. The van der Waals surface area contributed by atoms with Gasteiger partial charge in [-0.2, -0.15) is 0 Å². The van der Waals surface area contributed by atoms with Gasteiger partial charge in [-0.3, -0.25) is 4.79 Å². The maximum atomic E-state index is 13.8. The van der Waals surface area contributed by atoms with Crippen molar-refractivity contribution in [1.29, 1.82) is 0 Å². The van der Waals surface area contributed by atoms with Gasteiger partial charge >= 0.3 is 5.97 Å². The summed E-state index contributed by atoms with van der Waals surface area (Å²) < 4.78 is 23.9. The molecule has 0 radical (unpaired) electrons. The smallest absolute Gasteiger partial charge is 0.326 e. The van der Waals surface area contributed by atoms with E-state index in [-0.39, 0.29) is 17.7 Å². The molecule has 0 saturated carbocycles. The fourth-order valence-electron chi connectivity index (χ4n) is 2.58. The Bertz CT molecular complexity index is 578. The average Bonchev–Trinajstić information content (AvgIpc) is 3.02. The van der Waals surface area contributed by atoms with Crippen LogP contribution in [0.4, 0.5) is 4.39 Å². The Morgan fingerprint density at radius 2 is 2.17 bits per heavy atom. The average molecular weight is 325 g/mol. The molecule has 1 aromatic carbocycles. The van der Waals surface area contributed by atoms with Crippen LogP contribution in [0.25, 0.3) is 0 Å². The van der Waals surface area contributed by atoms with Crippen molar-refractivity contribution in [3.63, 3.8) is 0 Å². The highest BCUT2D eigenvalue weighted by atomic mass is 19.1. The number of benzene rings is 1. The molecule has 1 N–H and O–H groups in total. The molecule has 1 fully saturated rings. The molecule has 1 saturated heterocycles. The van der Waals surface area contributed by atoms with E-state index >= 15 is 0 Å². The predicted octanol–water partition coefficient (Wildman–Crippen LogP) is 1.68. The highest BCUT2D eigenvalue weighted by Crippen LogP contribution is 2.21. The predicted molar refractivity (Wildman–Crippen MR) is 79.6 cm³/mol. The molecule has 7 heteroatoms. The molecule has 1 atom stereocenters. The fraction of sp³-hybridized carbons (Fsp3) is 0.500. The van der Waals surface area contributed by atoms with Crippen LogP contribution in [0.1, 0.15) is 28.8 Å². The van der Waals surface area contributed by atoms with Gasteiger partial charge < -0.3 is 19.5 Å². The summed E-state index contributed by atoms with van der Waals surface area (Å²) in [5.41, 5.74) is 0.530. The van der Waals surface area contributed by atoms with Gasteiger partial charge in [0.2, 0.25) is 0 Å². The van der Waals surface area contributed by atoms with Crippen LogP contribution >= 0.6 is 0 Å². The van der Waals surface area contributed by atoms with Crippen LogP contribution in [0.15, 0.2) is 18.2 Å². The number of hydrogen-bond donors (Lipinski definition) is 1. The van der Waals surface area contributed by atoms with Crippen LogP contribution < -0.4 is 0 Å². The zero-order chi connectivity index (χ0) is 16.8. The van der Waals surface area contributed by atoms with Crippen LogP contribution in [-0.4, -0.2) is 54.8 Å². The highest BCUT2D eigenvalue weighted by Gasteiger charge is 2.34. The number of carbonyl (C=O) groups excluding carboxylic acids is 1. The van der Waals surface area contributed by atoms with Crippen LogP contribution in [0, 0.1) is 5.82 Å². The topological polar surface area (TPSA) is 76.1 Å². The van der Waals surface area contributed by atoms with Crippen LogP contribution in [0.2, 0.25) is 0 Å². The van der Waals surface area contributed by atoms with Crippen molar-refractivity contribution in [1.82, 2.24) is 4.90 Å². The number of aliphatic carboxylic acids is 1. The molecule has 1 unspecified atom stereocenters. The largest absolute Gasteiger partial charge is 0.480 e. The van der Waals surface area contributed by atoms with Gasteiger partial charge in [0.05, 0.1) is 19.8 Å². The third kappa shape index (κ3) is 4.27. The van der Waals surface area contributed by atoms with E-state index in [1.165, 1.54) is 30.2 Å². The summed E-state index contributed by atoms with van der Waals surface area (Å²) in [6.07, 6.45) is 1.09. The van der Waals surface area contributed by atoms with Gasteiger partial charge in [-0.15, -0.1) is 0 Å². The lowest BCUT2D eigenvalue weighted by atomic mass is 10.1. The van der Waals surface area contributed by atoms with E-state index in [0.717, 1.165) is 0 Å². The number of rotatable bonds is 7. The van der Waals surface area contributed by atoms with E-state index in [2.05, 4.69) is 0 Å². The number of carboxylic acids is 1. The Balaban J connectivity index is 2.10. The SMILES string of the molecule is COCCOCc1cc(C(=O)N2CCCC2C(=O)O)ccc1F. The molecule has 1 aliphatic rings. The first-order chi connectivity index (χ1) is 11.0. The third-order valence-electron chi connectivity index (χ3n) is 3.78. The Kier molecular flexibility index (Phi) is 6.06. The molecule has 2 rings (SSSR count). The fourth-order valence-corrected chi connectivity index (χ4v) is 2.58. The molecule has 6 nitrogen and oxygen atoms in total. The van der Waals surface area contributed by atoms with Crippen molar-refractivity contribution in [2.45, 2.75) is 25.5 Å². The molecule has 1 heterocycles. The summed E-state index contributed by atoms with van der Waals surface area (Å²) in [5, 5.41) is 9.16. The van der Waals surface area contributed by atoms with Crippen LogP contribution in [-0.2, 0) is 20.9 Å². The molecule has 0 spiro atoms. The van der Waals surface area contributed by atoms with Crippen molar-refractivity contribution in [2.75, 3.05) is 26.9 Å². The summed E-state index contributed by atoms with van der Waals surface area (Å²) in [6.45, 7) is 1.14.